The van der Waals surface area contributed by atoms with Gasteiger partial charge in [-0.25, -0.2) is 9.59 Å². The number of benzene rings is 1. The number of nitrogens with zero attached hydrogens (tertiary/aromatic N) is 2. The zero-order chi connectivity index (χ0) is 19.6. The van der Waals surface area contributed by atoms with Crippen LogP contribution >= 0.6 is 0 Å². The number of aryl methyl sites for hydroxylation is 2. The fourth-order valence-corrected chi connectivity index (χ4v) is 2.84. The van der Waals surface area contributed by atoms with E-state index in [0.717, 1.165) is 17.0 Å². The number of hydrogen-bond acceptors (Lipinski definition) is 6. The summed E-state index contributed by atoms with van der Waals surface area (Å²) >= 11 is 0. The van der Waals surface area contributed by atoms with Crippen LogP contribution in [0.15, 0.2) is 39.6 Å². The van der Waals surface area contributed by atoms with E-state index in [9.17, 15) is 9.59 Å². The fraction of sp³-hybridized carbons (Fsp3) is 0.250. The number of esters is 1. The van der Waals surface area contributed by atoms with Crippen LogP contribution in [-0.4, -0.2) is 22.9 Å². The third kappa shape index (κ3) is 3.92. The SMILES string of the molecule is COc1ccc2c(COC(=O)/C=C/c3c(C)nn(C)c3C)cc(=O)oc2c1. The van der Waals surface area contributed by atoms with Crippen molar-refractivity contribution in [3.63, 3.8) is 0 Å². The third-order valence-corrected chi connectivity index (χ3v) is 4.36. The molecule has 7 heteroatoms. The van der Waals surface area contributed by atoms with Crippen molar-refractivity contribution in [3.8, 4) is 5.75 Å². The second kappa shape index (κ2) is 7.49. The summed E-state index contributed by atoms with van der Waals surface area (Å²) < 4.78 is 17.4. The first-order valence-electron chi connectivity index (χ1n) is 8.35. The zero-order valence-corrected chi connectivity index (χ0v) is 15.6. The first-order chi connectivity index (χ1) is 12.9. The highest BCUT2D eigenvalue weighted by molar-refractivity contribution is 5.88. The molecule has 0 bridgehead atoms. The summed E-state index contributed by atoms with van der Waals surface area (Å²) in [5.41, 5.74) is 3.10. The van der Waals surface area contributed by atoms with E-state index in [1.54, 1.807) is 29.0 Å². The smallest absolute Gasteiger partial charge is 0.336 e. The molecule has 0 aliphatic carbocycles. The standard InChI is InChI=1S/C20H20N2O5/c1-12-16(13(2)22(3)21-12)7-8-19(23)26-11-14-9-20(24)27-18-10-15(25-4)5-6-17(14)18/h5-10H,11H2,1-4H3/b8-7+. The molecule has 2 aromatic heterocycles. The van der Waals surface area contributed by atoms with E-state index in [1.807, 2.05) is 20.9 Å². The van der Waals surface area contributed by atoms with Gasteiger partial charge in [-0.2, -0.15) is 5.10 Å². The van der Waals surface area contributed by atoms with Crippen molar-refractivity contribution in [2.75, 3.05) is 7.11 Å². The van der Waals surface area contributed by atoms with Gasteiger partial charge < -0.3 is 13.9 Å². The number of rotatable bonds is 5. The summed E-state index contributed by atoms with van der Waals surface area (Å²) in [7, 11) is 3.38. The topological polar surface area (TPSA) is 83.6 Å². The third-order valence-electron chi connectivity index (χ3n) is 4.36. The number of carbonyl (C=O) groups excluding carboxylic acids is 1. The monoisotopic (exact) mass is 368 g/mol. The molecular formula is C20H20N2O5. The molecule has 27 heavy (non-hydrogen) atoms. The Morgan fingerprint density at radius 1 is 1.30 bits per heavy atom. The Morgan fingerprint density at radius 3 is 2.74 bits per heavy atom. The minimum absolute atomic E-state index is 0.0391. The first-order valence-corrected chi connectivity index (χ1v) is 8.35. The van der Waals surface area contributed by atoms with Crippen LogP contribution in [0, 0.1) is 13.8 Å². The summed E-state index contributed by atoms with van der Waals surface area (Å²) in [4.78, 5) is 23.8. The lowest BCUT2D eigenvalue weighted by atomic mass is 10.1. The predicted octanol–water partition coefficient (Wildman–Crippen LogP) is 2.91. The van der Waals surface area contributed by atoms with E-state index in [1.165, 1.54) is 19.3 Å². The highest BCUT2D eigenvalue weighted by Gasteiger charge is 2.10. The molecule has 0 fully saturated rings. The van der Waals surface area contributed by atoms with Crippen LogP contribution in [0.4, 0.5) is 0 Å². The molecule has 1 aromatic carbocycles. The molecular weight excluding hydrogens is 348 g/mol. The van der Waals surface area contributed by atoms with Gasteiger partial charge >= 0.3 is 11.6 Å². The lowest BCUT2D eigenvalue weighted by Crippen LogP contribution is -2.05. The average molecular weight is 368 g/mol. The summed E-state index contributed by atoms with van der Waals surface area (Å²) in [6.45, 7) is 3.76. The fourth-order valence-electron chi connectivity index (χ4n) is 2.84. The lowest BCUT2D eigenvalue weighted by Gasteiger charge is -2.07. The van der Waals surface area contributed by atoms with Crippen LogP contribution in [0.3, 0.4) is 0 Å². The van der Waals surface area contributed by atoms with Crippen molar-refractivity contribution >= 4 is 23.0 Å². The molecule has 3 aromatic rings. The van der Waals surface area contributed by atoms with Crippen LogP contribution in [0.5, 0.6) is 5.75 Å². The Morgan fingerprint density at radius 2 is 2.07 bits per heavy atom. The molecule has 0 saturated carbocycles. The molecule has 0 atom stereocenters. The summed E-state index contributed by atoms with van der Waals surface area (Å²) in [6.07, 6.45) is 3.04. The highest BCUT2D eigenvalue weighted by atomic mass is 16.5. The molecule has 0 aliphatic heterocycles. The Kier molecular flexibility index (Phi) is 5.12. The normalized spacial score (nSPS) is 11.3. The Labute approximate surface area is 155 Å². The second-order valence-electron chi connectivity index (χ2n) is 6.10. The molecule has 0 saturated heterocycles. The van der Waals surface area contributed by atoms with E-state index in [-0.39, 0.29) is 6.61 Å². The quantitative estimate of drug-likeness (QED) is 0.391. The van der Waals surface area contributed by atoms with Gasteiger partial charge in [-0.3, -0.25) is 4.68 Å². The van der Waals surface area contributed by atoms with Gasteiger partial charge in [0.2, 0.25) is 0 Å². The minimum atomic E-state index is -0.515. The Bertz CT molecular complexity index is 1090. The van der Waals surface area contributed by atoms with Crippen molar-refractivity contribution < 1.29 is 18.7 Å². The van der Waals surface area contributed by atoms with Gasteiger partial charge in [-0.1, -0.05) is 0 Å². The summed E-state index contributed by atoms with van der Waals surface area (Å²) in [6, 6.07) is 6.46. The van der Waals surface area contributed by atoms with Gasteiger partial charge in [0, 0.05) is 47.5 Å². The molecule has 0 unspecified atom stereocenters. The van der Waals surface area contributed by atoms with Gasteiger partial charge in [0.25, 0.3) is 0 Å². The molecule has 2 heterocycles. The van der Waals surface area contributed by atoms with Crippen molar-refractivity contribution in [1.29, 1.82) is 0 Å². The molecule has 0 radical (unpaired) electrons. The van der Waals surface area contributed by atoms with Gasteiger partial charge in [0.15, 0.2) is 0 Å². The number of fused-ring (bicyclic) bond motifs is 1. The second-order valence-corrected chi connectivity index (χ2v) is 6.10. The van der Waals surface area contributed by atoms with Gasteiger partial charge in [-0.05, 0) is 32.1 Å². The number of aromatic nitrogens is 2. The van der Waals surface area contributed by atoms with Crippen LogP contribution in [0.2, 0.25) is 0 Å². The number of methoxy groups -OCH3 is 1. The largest absolute Gasteiger partial charge is 0.497 e. The molecule has 0 amide bonds. The molecule has 140 valence electrons. The Hall–Kier alpha value is -3.35. The van der Waals surface area contributed by atoms with Crippen LogP contribution in [-0.2, 0) is 23.2 Å². The van der Waals surface area contributed by atoms with Gasteiger partial charge in [-0.15, -0.1) is 0 Å². The van der Waals surface area contributed by atoms with E-state index in [4.69, 9.17) is 13.9 Å². The lowest BCUT2D eigenvalue weighted by molar-refractivity contribution is -0.138. The van der Waals surface area contributed by atoms with E-state index in [2.05, 4.69) is 5.10 Å². The van der Waals surface area contributed by atoms with Crippen LogP contribution in [0.1, 0.15) is 22.5 Å². The van der Waals surface area contributed by atoms with E-state index in [0.29, 0.717) is 22.3 Å². The van der Waals surface area contributed by atoms with Crippen molar-refractivity contribution in [1.82, 2.24) is 9.78 Å². The van der Waals surface area contributed by atoms with Crippen molar-refractivity contribution in [2.24, 2.45) is 7.05 Å². The summed E-state index contributed by atoms with van der Waals surface area (Å²) in [5.74, 6) is 0.0671. The predicted molar refractivity (Wildman–Crippen MR) is 101 cm³/mol. The molecule has 0 aliphatic rings. The molecule has 3 rings (SSSR count). The van der Waals surface area contributed by atoms with Crippen LogP contribution < -0.4 is 10.4 Å². The maximum absolute atomic E-state index is 12.1. The van der Waals surface area contributed by atoms with E-state index >= 15 is 0 Å². The van der Waals surface area contributed by atoms with E-state index < -0.39 is 11.6 Å². The van der Waals surface area contributed by atoms with Crippen molar-refractivity contribution in [2.45, 2.75) is 20.5 Å². The highest BCUT2D eigenvalue weighted by Crippen LogP contribution is 2.23. The van der Waals surface area contributed by atoms with Crippen LogP contribution in [0.25, 0.3) is 17.0 Å². The maximum Gasteiger partial charge on any atom is 0.336 e. The Balaban J connectivity index is 1.77. The maximum atomic E-state index is 12.1. The summed E-state index contributed by atoms with van der Waals surface area (Å²) in [5, 5.41) is 4.98. The zero-order valence-electron chi connectivity index (χ0n) is 15.6. The van der Waals surface area contributed by atoms with Gasteiger partial charge in [0.05, 0.1) is 12.8 Å². The average Bonchev–Trinajstić information content (AvgIpc) is 2.88. The molecule has 0 spiro atoms. The number of ether oxygens (including phenoxy) is 2. The minimum Gasteiger partial charge on any atom is -0.497 e. The molecule has 0 N–H and O–H groups in total. The number of hydrogen-bond donors (Lipinski definition) is 0. The first kappa shape index (κ1) is 18.4. The van der Waals surface area contributed by atoms with Crippen molar-refractivity contribution in [3.05, 3.63) is 63.3 Å². The molecule has 7 nitrogen and oxygen atoms in total. The number of carbonyl (C=O) groups is 1. The van der Waals surface area contributed by atoms with Gasteiger partial charge in [0.1, 0.15) is 17.9 Å².